The van der Waals surface area contributed by atoms with E-state index < -0.39 is 10.0 Å². The summed E-state index contributed by atoms with van der Waals surface area (Å²) < 4.78 is 24.7. The van der Waals surface area contributed by atoms with Crippen molar-refractivity contribution in [2.75, 3.05) is 22.4 Å². The minimum Gasteiger partial charge on any atom is -0.319 e. The molecule has 0 bridgehead atoms. The van der Waals surface area contributed by atoms with Crippen LogP contribution >= 0.6 is 23.2 Å². The third kappa shape index (κ3) is 4.20. The van der Waals surface area contributed by atoms with Gasteiger partial charge < -0.3 is 5.32 Å². The van der Waals surface area contributed by atoms with Crippen molar-refractivity contribution >= 4 is 50.5 Å². The first kappa shape index (κ1) is 18.6. The quantitative estimate of drug-likeness (QED) is 0.842. The van der Waals surface area contributed by atoms with Crippen LogP contribution in [0.3, 0.4) is 0 Å². The van der Waals surface area contributed by atoms with E-state index in [2.05, 4.69) is 5.32 Å². The van der Waals surface area contributed by atoms with Crippen LogP contribution in [0.15, 0.2) is 42.5 Å². The molecule has 2 aromatic rings. The van der Waals surface area contributed by atoms with Gasteiger partial charge in [-0.2, -0.15) is 0 Å². The molecule has 0 aromatic heterocycles. The SMILES string of the molecule is CCN(c1ccc(C(=O)Nc2c(Cl)cccc2Cl)cc1)S(C)(=O)=O. The van der Waals surface area contributed by atoms with Crippen molar-refractivity contribution < 1.29 is 13.2 Å². The van der Waals surface area contributed by atoms with Gasteiger partial charge in [-0.05, 0) is 43.3 Å². The third-order valence-electron chi connectivity index (χ3n) is 3.31. The molecule has 0 saturated carbocycles. The Morgan fingerprint density at radius 1 is 1.08 bits per heavy atom. The Morgan fingerprint density at radius 3 is 2.08 bits per heavy atom. The number of benzene rings is 2. The third-order valence-corrected chi connectivity index (χ3v) is 5.21. The van der Waals surface area contributed by atoms with E-state index in [1.54, 1.807) is 49.4 Å². The molecule has 8 heteroatoms. The second kappa shape index (κ2) is 7.42. The van der Waals surface area contributed by atoms with Crippen LogP contribution in [0.2, 0.25) is 10.0 Å². The maximum atomic E-state index is 12.3. The number of nitrogens with one attached hydrogen (secondary N) is 1. The zero-order chi connectivity index (χ0) is 17.9. The van der Waals surface area contributed by atoms with Crippen molar-refractivity contribution in [3.63, 3.8) is 0 Å². The van der Waals surface area contributed by atoms with Gasteiger partial charge in [0.05, 0.1) is 27.7 Å². The second-order valence-corrected chi connectivity index (χ2v) is 7.75. The lowest BCUT2D eigenvalue weighted by Gasteiger charge is -2.20. The van der Waals surface area contributed by atoms with Gasteiger partial charge in [0.25, 0.3) is 5.91 Å². The van der Waals surface area contributed by atoms with E-state index in [0.29, 0.717) is 33.5 Å². The molecule has 0 aliphatic heterocycles. The number of para-hydroxylation sites is 1. The molecule has 0 fully saturated rings. The molecule has 0 atom stereocenters. The minimum absolute atomic E-state index is 0.305. The van der Waals surface area contributed by atoms with Crippen LogP contribution in [0, 0.1) is 0 Å². The van der Waals surface area contributed by atoms with Crippen LogP contribution in [-0.4, -0.2) is 27.1 Å². The second-order valence-electron chi connectivity index (χ2n) is 5.03. The molecule has 0 aliphatic rings. The van der Waals surface area contributed by atoms with Crippen LogP contribution < -0.4 is 9.62 Å². The Balaban J connectivity index is 2.23. The van der Waals surface area contributed by atoms with Gasteiger partial charge in [0, 0.05) is 12.1 Å². The summed E-state index contributed by atoms with van der Waals surface area (Å²) in [5, 5.41) is 3.32. The zero-order valence-electron chi connectivity index (χ0n) is 13.1. The molecule has 1 amide bonds. The molecule has 0 unspecified atom stereocenters. The molecule has 128 valence electrons. The zero-order valence-corrected chi connectivity index (χ0v) is 15.4. The predicted molar refractivity (Wildman–Crippen MR) is 98.7 cm³/mol. The molecule has 2 rings (SSSR count). The topological polar surface area (TPSA) is 66.5 Å². The van der Waals surface area contributed by atoms with Crippen molar-refractivity contribution in [2.45, 2.75) is 6.92 Å². The van der Waals surface area contributed by atoms with Crippen LogP contribution in [-0.2, 0) is 10.0 Å². The monoisotopic (exact) mass is 386 g/mol. The molecular formula is C16H16Cl2N2O3S. The number of hydrogen-bond donors (Lipinski definition) is 1. The largest absolute Gasteiger partial charge is 0.319 e. The Kier molecular flexibility index (Phi) is 5.74. The molecule has 5 nitrogen and oxygen atoms in total. The average molecular weight is 387 g/mol. The molecule has 1 N–H and O–H groups in total. The van der Waals surface area contributed by atoms with Crippen LogP contribution in [0.1, 0.15) is 17.3 Å². The van der Waals surface area contributed by atoms with Gasteiger partial charge in [-0.1, -0.05) is 29.3 Å². The van der Waals surface area contributed by atoms with Gasteiger partial charge in [0.1, 0.15) is 0 Å². The number of hydrogen-bond acceptors (Lipinski definition) is 3. The van der Waals surface area contributed by atoms with Gasteiger partial charge in [-0.3, -0.25) is 9.10 Å². The lowest BCUT2D eigenvalue weighted by molar-refractivity contribution is 0.102. The number of carbonyl (C=O) groups is 1. The highest BCUT2D eigenvalue weighted by molar-refractivity contribution is 7.92. The molecule has 0 heterocycles. The van der Waals surface area contributed by atoms with Crippen molar-refractivity contribution in [3.8, 4) is 0 Å². The van der Waals surface area contributed by atoms with E-state index in [0.717, 1.165) is 6.26 Å². The number of sulfonamides is 1. The highest BCUT2D eigenvalue weighted by Crippen LogP contribution is 2.30. The Bertz CT molecular complexity index is 832. The number of anilines is 2. The maximum Gasteiger partial charge on any atom is 0.255 e. The van der Waals surface area contributed by atoms with Gasteiger partial charge in [0.15, 0.2) is 0 Å². The number of rotatable bonds is 5. The van der Waals surface area contributed by atoms with Gasteiger partial charge in [-0.25, -0.2) is 8.42 Å². The van der Waals surface area contributed by atoms with Crippen LogP contribution in [0.4, 0.5) is 11.4 Å². The number of halogens is 2. The summed E-state index contributed by atoms with van der Waals surface area (Å²) in [6.45, 7) is 2.04. The van der Waals surface area contributed by atoms with Crippen molar-refractivity contribution in [1.29, 1.82) is 0 Å². The van der Waals surface area contributed by atoms with Crippen molar-refractivity contribution in [3.05, 3.63) is 58.1 Å². The Hall–Kier alpha value is -1.76. The number of nitrogens with zero attached hydrogens (tertiary/aromatic N) is 1. The smallest absolute Gasteiger partial charge is 0.255 e. The molecule has 24 heavy (non-hydrogen) atoms. The first-order valence-corrected chi connectivity index (χ1v) is 9.67. The van der Waals surface area contributed by atoms with E-state index in [4.69, 9.17) is 23.2 Å². The number of carbonyl (C=O) groups excluding carboxylic acids is 1. The van der Waals surface area contributed by atoms with Gasteiger partial charge >= 0.3 is 0 Å². The minimum atomic E-state index is -3.36. The molecule has 0 saturated heterocycles. The molecule has 0 spiro atoms. The van der Waals surface area contributed by atoms with E-state index in [9.17, 15) is 13.2 Å². The standard InChI is InChI=1S/C16H16Cl2N2O3S/c1-3-20(24(2,22)23)12-9-7-11(8-10-12)16(21)19-15-13(17)5-4-6-14(15)18/h4-10H,3H2,1-2H3,(H,19,21). The fourth-order valence-electron chi connectivity index (χ4n) is 2.19. The first-order valence-electron chi connectivity index (χ1n) is 7.07. The predicted octanol–water partition coefficient (Wildman–Crippen LogP) is 4.03. The molecule has 2 aromatic carbocycles. The molecule has 0 radical (unpaired) electrons. The highest BCUT2D eigenvalue weighted by Gasteiger charge is 2.16. The van der Waals surface area contributed by atoms with Crippen molar-refractivity contribution in [2.24, 2.45) is 0 Å². The summed E-state index contributed by atoms with van der Waals surface area (Å²) >= 11 is 12.0. The van der Waals surface area contributed by atoms with Gasteiger partial charge in [0.2, 0.25) is 10.0 Å². The van der Waals surface area contributed by atoms with Gasteiger partial charge in [-0.15, -0.1) is 0 Å². The first-order chi connectivity index (χ1) is 11.2. The lowest BCUT2D eigenvalue weighted by atomic mass is 10.2. The highest BCUT2D eigenvalue weighted by atomic mass is 35.5. The van der Waals surface area contributed by atoms with Crippen LogP contribution in [0.25, 0.3) is 0 Å². The summed E-state index contributed by atoms with van der Waals surface area (Å²) in [5.74, 6) is -0.390. The molecular weight excluding hydrogens is 371 g/mol. The average Bonchev–Trinajstić information content (AvgIpc) is 2.51. The van der Waals surface area contributed by atoms with Crippen LogP contribution in [0.5, 0.6) is 0 Å². The van der Waals surface area contributed by atoms with Crippen molar-refractivity contribution in [1.82, 2.24) is 0 Å². The van der Waals surface area contributed by atoms with E-state index in [-0.39, 0.29) is 5.91 Å². The summed E-state index contributed by atoms with van der Waals surface area (Å²) in [6, 6.07) is 11.2. The Labute approximate surface area is 151 Å². The van der Waals surface area contributed by atoms with E-state index in [1.165, 1.54) is 4.31 Å². The molecule has 0 aliphatic carbocycles. The number of amides is 1. The summed E-state index contributed by atoms with van der Waals surface area (Å²) in [4.78, 5) is 12.3. The Morgan fingerprint density at radius 2 is 1.62 bits per heavy atom. The fraction of sp³-hybridized carbons (Fsp3) is 0.188. The lowest BCUT2D eigenvalue weighted by Crippen LogP contribution is -2.29. The summed E-state index contributed by atoms with van der Waals surface area (Å²) in [5.41, 5.74) is 1.19. The van der Waals surface area contributed by atoms with E-state index in [1.807, 2.05) is 0 Å². The normalized spacial score (nSPS) is 11.2. The fourth-order valence-corrected chi connectivity index (χ4v) is 3.66. The summed E-state index contributed by atoms with van der Waals surface area (Å²) in [7, 11) is -3.36. The van der Waals surface area contributed by atoms with E-state index >= 15 is 0 Å². The maximum absolute atomic E-state index is 12.3. The summed E-state index contributed by atoms with van der Waals surface area (Å²) in [6.07, 6.45) is 1.14.